The second-order valence-electron chi connectivity index (χ2n) is 11.2. The van der Waals surface area contributed by atoms with Crippen molar-refractivity contribution >= 4 is 33.3 Å². The Bertz CT molecular complexity index is 2190. The molecule has 0 bridgehead atoms. The van der Waals surface area contributed by atoms with E-state index >= 15 is 0 Å². The van der Waals surface area contributed by atoms with Gasteiger partial charge in [-0.3, -0.25) is 4.57 Å². The maximum Gasteiger partial charge on any atom is 0.167 e. The first-order chi connectivity index (χ1) is 21.8. The van der Waals surface area contributed by atoms with Crippen LogP contribution in [-0.4, -0.2) is 30.5 Å². The maximum absolute atomic E-state index is 5.21. The summed E-state index contributed by atoms with van der Waals surface area (Å²) < 4.78 is 2.24. The molecule has 7 aromatic rings. The molecule has 4 heterocycles. The minimum absolute atomic E-state index is 0.114. The van der Waals surface area contributed by atoms with Crippen molar-refractivity contribution in [2.45, 2.75) is 12.0 Å². The lowest BCUT2D eigenvalue weighted by Crippen LogP contribution is -2.29. The molecule has 6 heteroatoms. The summed E-state index contributed by atoms with van der Waals surface area (Å²) in [6, 6.07) is 37.9. The van der Waals surface area contributed by atoms with Gasteiger partial charge < -0.3 is 4.90 Å². The summed E-state index contributed by atoms with van der Waals surface area (Å²) in [5.41, 5.74) is 6.38. The predicted molar refractivity (Wildman–Crippen MR) is 176 cm³/mol. The minimum atomic E-state index is 0.114. The first-order valence-corrected chi connectivity index (χ1v) is 14.8. The van der Waals surface area contributed by atoms with Gasteiger partial charge in [0, 0.05) is 46.4 Å². The molecule has 208 valence electrons. The molecule has 2 unspecified atom stereocenters. The Morgan fingerprint density at radius 2 is 1.18 bits per heavy atom. The zero-order valence-corrected chi connectivity index (χ0v) is 23.7. The van der Waals surface area contributed by atoms with Crippen molar-refractivity contribution in [2.75, 3.05) is 4.90 Å². The molecule has 0 N–H and O–H groups in total. The number of hydrogen-bond acceptors (Lipinski definition) is 5. The van der Waals surface area contributed by atoms with Gasteiger partial charge >= 0.3 is 0 Å². The van der Waals surface area contributed by atoms with Gasteiger partial charge in [-0.1, -0.05) is 109 Å². The van der Waals surface area contributed by atoms with E-state index in [1.807, 2.05) is 42.7 Å². The first kappa shape index (κ1) is 24.7. The number of rotatable bonds is 4. The Balaban J connectivity index is 1.28. The van der Waals surface area contributed by atoms with Crippen LogP contribution >= 0.6 is 0 Å². The van der Waals surface area contributed by atoms with Crippen LogP contribution in [0.15, 0.2) is 146 Å². The molecule has 4 aromatic carbocycles. The highest BCUT2D eigenvalue weighted by Crippen LogP contribution is 2.47. The fourth-order valence-corrected chi connectivity index (χ4v) is 6.69. The standard InChI is InChI=1S/C38H26N6/c1-2-12-25(13-3-1)37-39-23-26(24-40-37)38-41-35(43-31-18-8-4-14-27(31)28-15-5-9-19-32(28)43)22-36(42-38)44-33-20-10-6-16-29(33)30-17-7-11-21-34(30)44/h1-24,27,31H. The molecule has 44 heavy (non-hydrogen) atoms. The maximum atomic E-state index is 5.21. The van der Waals surface area contributed by atoms with E-state index in [9.17, 15) is 0 Å². The number of hydrogen-bond donors (Lipinski definition) is 0. The number of aromatic nitrogens is 5. The topological polar surface area (TPSA) is 59.7 Å². The van der Waals surface area contributed by atoms with Crippen LogP contribution < -0.4 is 4.90 Å². The SMILES string of the molecule is C1=CC2c3ccccc3N(c3cc(-n4c5ccccc5c5ccccc54)nc(-c4cnc(-c5ccccc5)nc4)n3)C2C=C1. The molecule has 6 nitrogen and oxygen atoms in total. The first-order valence-electron chi connectivity index (χ1n) is 14.8. The average Bonchev–Trinajstić information content (AvgIpc) is 3.62. The van der Waals surface area contributed by atoms with Gasteiger partial charge in [-0.15, -0.1) is 0 Å². The van der Waals surface area contributed by atoms with Crippen molar-refractivity contribution in [3.63, 3.8) is 0 Å². The lowest BCUT2D eigenvalue weighted by atomic mass is 9.91. The van der Waals surface area contributed by atoms with E-state index in [4.69, 9.17) is 19.9 Å². The van der Waals surface area contributed by atoms with Crippen molar-refractivity contribution in [3.8, 4) is 28.6 Å². The van der Waals surface area contributed by atoms with Gasteiger partial charge in [0.2, 0.25) is 0 Å². The third-order valence-electron chi connectivity index (χ3n) is 8.66. The summed E-state index contributed by atoms with van der Waals surface area (Å²) in [7, 11) is 0. The summed E-state index contributed by atoms with van der Waals surface area (Å²) in [5, 5.41) is 2.37. The summed E-state index contributed by atoms with van der Waals surface area (Å²) >= 11 is 0. The van der Waals surface area contributed by atoms with Gasteiger partial charge in [0.05, 0.1) is 22.6 Å². The minimum Gasteiger partial charge on any atom is -0.318 e. The fourth-order valence-electron chi connectivity index (χ4n) is 6.69. The van der Waals surface area contributed by atoms with Gasteiger partial charge in [0.15, 0.2) is 11.6 Å². The van der Waals surface area contributed by atoms with E-state index in [0.29, 0.717) is 11.6 Å². The Hall–Kier alpha value is -5.88. The Morgan fingerprint density at radius 3 is 1.95 bits per heavy atom. The number of nitrogens with zero attached hydrogens (tertiary/aromatic N) is 6. The van der Waals surface area contributed by atoms with Crippen LogP contribution in [0.1, 0.15) is 11.5 Å². The van der Waals surface area contributed by atoms with Crippen LogP contribution in [-0.2, 0) is 0 Å². The molecule has 1 aliphatic carbocycles. The number of fused-ring (bicyclic) bond motifs is 6. The number of para-hydroxylation sites is 3. The molecule has 0 fully saturated rings. The summed E-state index contributed by atoms with van der Waals surface area (Å²) in [6.45, 7) is 0. The molecule has 9 rings (SSSR count). The highest BCUT2D eigenvalue weighted by molar-refractivity contribution is 6.09. The molecule has 0 amide bonds. The Kier molecular flexibility index (Phi) is 5.53. The smallest absolute Gasteiger partial charge is 0.167 e. The number of anilines is 2. The lowest BCUT2D eigenvalue weighted by molar-refractivity contribution is 0.737. The quantitative estimate of drug-likeness (QED) is 0.214. The van der Waals surface area contributed by atoms with Gasteiger partial charge in [-0.2, -0.15) is 0 Å². The van der Waals surface area contributed by atoms with Crippen LogP contribution in [0.4, 0.5) is 11.5 Å². The third kappa shape index (κ3) is 3.81. The van der Waals surface area contributed by atoms with E-state index in [0.717, 1.165) is 39.5 Å². The van der Waals surface area contributed by atoms with Gasteiger partial charge in [0.1, 0.15) is 11.6 Å². The molecule has 2 aliphatic rings. The van der Waals surface area contributed by atoms with Crippen LogP contribution in [0.5, 0.6) is 0 Å². The van der Waals surface area contributed by atoms with Gasteiger partial charge in [-0.25, -0.2) is 19.9 Å². The van der Waals surface area contributed by atoms with Crippen LogP contribution in [0.25, 0.3) is 50.4 Å². The van der Waals surface area contributed by atoms with Gasteiger partial charge in [0.25, 0.3) is 0 Å². The van der Waals surface area contributed by atoms with E-state index in [1.165, 1.54) is 16.3 Å². The highest BCUT2D eigenvalue weighted by Gasteiger charge is 2.38. The third-order valence-corrected chi connectivity index (χ3v) is 8.66. The summed E-state index contributed by atoms with van der Waals surface area (Å²) in [5.74, 6) is 3.13. The normalized spacial score (nSPS) is 16.9. The molecule has 0 saturated carbocycles. The van der Waals surface area contributed by atoms with Crippen LogP contribution in [0.2, 0.25) is 0 Å². The second kappa shape index (κ2) is 9.85. The summed E-state index contributed by atoms with van der Waals surface area (Å²) in [4.78, 5) is 22.2. The van der Waals surface area contributed by atoms with Crippen molar-refractivity contribution in [1.82, 2.24) is 24.5 Å². The number of benzene rings is 4. The molecular formula is C38H26N6. The molecule has 0 spiro atoms. The van der Waals surface area contributed by atoms with Crippen molar-refractivity contribution in [3.05, 3.63) is 151 Å². The number of allylic oxidation sites excluding steroid dienone is 2. The van der Waals surface area contributed by atoms with E-state index in [-0.39, 0.29) is 12.0 Å². The largest absolute Gasteiger partial charge is 0.318 e. The van der Waals surface area contributed by atoms with Gasteiger partial charge in [-0.05, 0) is 23.8 Å². The monoisotopic (exact) mass is 566 g/mol. The Labute approximate surface area is 254 Å². The molecule has 0 radical (unpaired) electrons. The van der Waals surface area contributed by atoms with Crippen LogP contribution in [0, 0.1) is 0 Å². The van der Waals surface area contributed by atoms with E-state index < -0.39 is 0 Å². The second-order valence-corrected chi connectivity index (χ2v) is 11.2. The van der Waals surface area contributed by atoms with E-state index in [2.05, 4.69) is 113 Å². The average molecular weight is 567 g/mol. The lowest BCUT2D eigenvalue weighted by Gasteiger charge is -2.28. The van der Waals surface area contributed by atoms with Crippen molar-refractivity contribution < 1.29 is 0 Å². The predicted octanol–water partition coefficient (Wildman–Crippen LogP) is 8.43. The zero-order chi connectivity index (χ0) is 29.0. The van der Waals surface area contributed by atoms with Crippen LogP contribution in [0.3, 0.4) is 0 Å². The molecule has 3 aromatic heterocycles. The summed E-state index contributed by atoms with van der Waals surface area (Å²) in [6.07, 6.45) is 12.5. The molecule has 0 saturated heterocycles. The van der Waals surface area contributed by atoms with E-state index in [1.54, 1.807) is 0 Å². The Morgan fingerprint density at radius 1 is 0.545 bits per heavy atom. The zero-order valence-electron chi connectivity index (χ0n) is 23.7. The molecule has 2 atom stereocenters. The fraction of sp³-hybridized carbons (Fsp3) is 0.0526. The van der Waals surface area contributed by atoms with Crippen molar-refractivity contribution in [1.29, 1.82) is 0 Å². The van der Waals surface area contributed by atoms with Crippen molar-refractivity contribution in [2.24, 2.45) is 0 Å². The highest BCUT2D eigenvalue weighted by atomic mass is 15.3. The molecule has 1 aliphatic heterocycles. The molecular weight excluding hydrogens is 540 g/mol.